The summed E-state index contributed by atoms with van der Waals surface area (Å²) in [5, 5.41) is 2.97. The standard InChI is InChI=1S/C23H29N3O3/c1-18-6-3-8-20(14-18)23(28)26-11-5-10-25(12-13-26)17-22(27)24-16-19-7-4-9-21(15-19)29-2/h3-4,6-9,14-15H,5,10-13,16-17H2,1-2H3,(H,24,27). The van der Waals surface area contributed by atoms with Crippen LogP contribution in [0.3, 0.4) is 0 Å². The fraction of sp³-hybridized carbons (Fsp3) is 0.391. The van der Waals surface area contributed by atoms with E-state index in [0.29, 0.717) is 32.7 Å². The fourth-order valence-electron chi connectivity index (χ4n) is 3.53. The van der Waals surface area contributed by atoms with Gasteiger partial charge in [0.05, 0.1) is 13.7 Å². The molecule has 0 radical (unpaired) electrons. The highest BCUT2D eigenvalue weighted by molar-refractivity contribution is 5.94. The Hall–Kier alpha value is -2.86. The predicted molar refractivity (Wildman–Crippen MR) is 113 cm³/mol. The molecular formula is C23H29N3O3. The second-order valence-electron chi connectivity index (χ2n) is 7.42. The van der Waals surface area contributed by atoms with E-state index in [-0.39, 0.29) is 11.8 Å². The first-order valence-corrected chi connectivity index (χ1v) is 10.0. The van der Waals surface area contributed by atoms with E-state index >= 15 is 0 Å². The van der Waals surface area contributed by atoms with Crippen molar-refractivity contribution in [2.24, 2.45) is 0 Å². The Morgan fingerprint density at radius 1 is 1.03 bits per heavy atom. The van der Waals surface area contributed by atoms with E-state index in [1.54, 1.807) is 7.11 Å². The van der Waals surface area contributed by atoms with Crippen molar-refractivity contribution in [3.63, 3.8) is 0 Å². The molecule has 1 N–H and O–H groups in total. The summed E-state index contributed by atoms with van der Waals surface area (Å²) in [6.07, 6.45) is 0.862. The van der Waals surface area contributed by atoms with Crippen molar-refractivity contribution >= 4 is 11.8 Å². The molecule has 154 valence electrons. The molecule has 1 heterocycles. The lowest BCUT2D eigenvalue weighted by atomic mass is 10.1. The van der Waals surface area contributed by atoms with Gasteiger partial charge >= 0.3 is 0 Å². The molecule has 6 nitrogen and oxygen atoms in total. The molecule has 0 atom stereocenters. The highest BCUT2D eigenvalue weighted by Gasteiger charge is 2.21. The van der Waals surface area contributed by atoms with Crippen molar-refractivity contribution in [1.82, 2.24) is 15.1 Å². The molecule has 1 fully saturated rings. The van der Waals surface area contributed by atoms with Crippen LogP contribution in [0.2, 0.25) is 0 Å². The van der Waals surface area contributed by atoms with Crippen LogP contribution in [0.4, 0.5) is 0 Å². The molecule has 3 rings (SSSR count). The maximum atomic E-state index is 12.8. The van der Waals surface area contributed by atoms with Crippen LogP contribution in [0.15, 0.2) is 48.5 Å². The van der Waals surface area contributed by atoms with E-state index in [1.807, 2.05) is 60.4 Å². The quantitative estimate of drug-likeness (QED) is 0.816. The number of nitrogens with one attached hydrogen (secondary N) is 1. The molecule has 1 saturated heterocycles. The zero-order chi connectivity index (χ0) is 20.6. The van der Waals surface area contributed by atoms with Gasteiger partial charge in [0, 0.05) is 38.3 Å². The number of ether oxygens (including phenoxy) is 1. The van der Waals surface area contributed by atoms with Crippen molar-refractivity contribution in [2.75, 3.05) is 39.8 Å². The lowest BCUT2D eigenvalue weighted by Gasteiger charge is -2.22. The maximum absolute atomic E-state index is 12.8. The summed E-state index contributed by atoms with van der Waals surface area (Å²) < 4.78 is 5.21. The second kappa shape index (κ2) is 10.1. The summed E-state index contributed by atoms with van der Waals surface area (Å²) >= 11 is 0. The number of methoxy groups -OCH3 is 1. The Labute approximate surface area is 172 Å². The summed E-state index contributed by atoms with van der Waals surface area (Å²) in [4.78, 5) is 29.1. The molecule has 0 saturated carbocycles. The maximum Gasteiger partial charge on any atom is 0.253 e. The lowest BCUT2D eigenvalue weighted by molar-refractivity contribution is -0.122. The first-order valence-electron chi connectivity index (χ1n) is 10.0. The third kappa shape index (κ3) is 6.06. The van der Waals surface area contributed by atoms with Gasteiger partial charge in [-0.25, -0.2) is 0 Å². The molecule has 0 aromatic heterocycles. The van der Waals surface area contributed by atoms with Crippen molar-refractivity contribution in [3.8, 4) is 5.75 Å². The van der Waals surface area contributed by atoms with Crippen molar-refractivity contribution in [3.05, 3.63) is 65.2 Å². The minimum atomic E-state index is -0.00807. The lowest BCUT2D eigenvalue weighted by Crippen LogP contribution is -2.39. The molecule has 2 aromatic carbocycles. The Bertz CT molecular complexity index is 853. The van der Waals surface area contributed by atoms with Gasteiger partial charge in [0.1, 0.15) is 5.75 Å². The molecular weight excluding hydrogens is 366 g/mol. The minimum Gasteiger partial charge on any atom is -0.497 e. The number of benzene rings is 2. The molecule has 2 amide bonds. The number of aryl methyl sites for hydroxylation is 1. The number of carbonyl (C=O) groups excluding carboxylic acids is 2. The number of hydrogen-bond acceptors (Lipinski definition) is 4. The van der Waals surface area contributed by atoms with Gasteiger partial charge in [-0.05, 0) is 43.2 Å². The van der Waals surface area contributed by atoms with Crippen molar-refractivity contribution in [1.29, 1.82) is 0 Å². The number of rotatable bonds is 6. The van der Waals surface area contributed by atoms with Gasteiger partial charge in [0.2, 0.25) is 5.91 Å². The number of hydrogen-bond donors (Lipinski definition) is 1. The van der Waals surface area contributed by atoms with E-state index in [2.05, 4.69) is 10.2 Å². The third-order valence-corrected chi connectivity index (χ3v) is 5.13. The Balaban J connectivity index is 1.47. The molecule has 1 aliphatic rings. The van der Waals surface area contributed by atoms with Crippen LogP contribution in [0.25, 0.3) is 0 Å². The number of nitrogens with zero attached hydrogens (tertiary/aromatic N) is 2. The van der Waals surface area contributed by atoms with Crippen LogP contribution in [0.1, 0.15) is 27.9 Å². The topological polar surface area (TPSA) is 61.9 Å². The third-order valence-electron chi connectivity index (χ3n) is 5.13. The predicted octanol–water partition coefficient (Wildman–Crippen LogP) is 2.47. The zero-order valence-electron chi connectivity index (χ0n) is 17.2. The largest absolute Gasteiger partial charge is 0.497 e. The monoisotopic (exact) mass is 395 g/mol. The molecule has 0 unspecified atom stereocenters. The Morgan fingerprint density at radius 3 is 2.66 bits per heavy atom. The summed E-state index contributed by atoms with van der Waals surface area (Å²) in [7, 11) is 1.63. The summed E-state index contributed by atoms with van der Waals surface area (Å²) in [6, 6.07) is 15.4. The molecule has 0 aliphatic carbocycles. The molecule has 6 heteroatoms. The van der Waals surface area contributed by atoms with Gasteiger partial charge in [-0.1, -0.05) is 29.8 Å². The summed E-state index contributed by atoms with van der Waals surface area (Å²) in [6.45, 7) is 5.67. The minimum absolute atomic E-state index is 0.00807. The zero-order valence-corrected chi connectivity index (χ0v) is 17.2. The average Bonchev–Trinajstić information content (AvgIpc) is 2.97. The first-order chi connectivity index (χ1) is 14.0. The Morgan fingerprint density at radius 2 is 1.86 bits per heavy atom. The van der Waals surface area contributed by atoms with Crippen molar-refractivity contribution < 1.29 is 14.3 Å². The van der Waals surface area contributed by atoms with Crippen LogP contribution in [-0.4, -0.2) is 61.4 Å². The van der Waals surface area contributed by atoms with Gasteiger partial charge in [0.15, 0.2) is 0 Å². The molecule has 2 aromatic rings. The van der Waals surface area contributed by atoms with Crippen LogP contribution < -0.4 is 10.1 Å². The SMILES string of the molecule is COc1cccc(CNC(=O)CN2CCCN(C(=O)c3cccc(C)c3)CC2)c1. The first kappa shape index (κ1) is 20.9. The van der Waals surface area contributed by atoms with Gasteiger partial charge < -0.3 is 15.0 Å². The van der Waals surface area contributed by atoms with Gasteiger partial charge in [-0.2, -0.15) is 0 Å². The van der Waals surface area contributed by atoms with Crippen LogP contribution in [-0.2, 0) is 11.3 Å². The molecule has 29 heavy (non-hydrogen) atoms. The van der Waals surface area contributed by atoms with Crippen molar-refractivity contribution in [2.45, 2.75) is 19.9 Å². The smallest absolute Gasteiger partial charge is 0.253 e. The Kier molecular flexibility index (Phi) is 7.25. The van der Waals surface area contributed by atoms with Crippen LogP contribution in [0, 0.1) is 6.92 Å². The fourth-order valence-corrected chi connectivity index (χ4v) is 3.53. The van der Waals surface area contributed by atoms with Gasteiger partial charge in [0.25, 0.3) is 5.91 Å². The normalized spacial score (nSPS) is 14.9. The molecule has 0 bridgehead atoms. The average molecular weight is 396 g/mol. The van der Waals surface area contributed by atoms with E-state index in [4.69, 9.17) is 4.74 Å². The van der Waals surface area contributed by atoms with Crippen LogP contribution >= 0.6 is 0 Å². The van der Waals surface area contributed by atoms with E-state index in [9.17, 15) is 9.59 Å². The molecule has 1 aliphatic heterocycles. The highest BCUT2D eigenvalue weighted by Crippen LogP contribution is 2.13. The summed E-state index contributed by atoms with van der Waals surface area (Å²) in [5.41, 5.74) is 2.82. The van der Waals surface area contributed by atoms with E-state index < -0.39 is 0 Å². The summed E-state index contributed by atoms with van der Waals surface area (Å²) in [5.74, 6) is 0.840. The number of amides is 2. The van der Waals surface area contributed by atoms with Gasteiger partial charge in [-0.15, -0.1) is 0 Å². The molecule has 0 spiro atoms. The second-order valence-corrected chi connectivity index (χ2v) is 7.42. The van der Waals surface area contributed by atoms with E-state index in [1.165, 1.54) is 0 Å². The highest BCUT2D eigenvalue weighted by atomic mass is 16.5. The van der Waals surface area contributed by atoms with E-state index in [0.717, 1.165) is 35.4 Å². The van der Waals surface area contributed by atoms with Gasteiger partial charge in [-0.3, -0.25) is 14.5 Å². The number of carbonyl (C=O) groups is 2. The van der Waals surface area contributed by atoms with Crippen LogP contribution in [0.5, 0.6) is 5.75 Å².